The van der Waals surface area contributed by atoms with Gasteiger partial charge in [0, 0.05) is 0 Å². The molecular weight excluding hydrogens is 212 g/mol. The molecule has 0 unspecified atom stereocenters. The number of hydrogen-bond donors (Lipinski definition) is 3. The average Bonchev–Trinajstić information content (AvgIpc) is 2.82. The average molecular weight is 220 g/mol. The molecule has 0 saturated carbocycles. The van der Waals surface area contributed by atoms with Gasteiger partial charge in [-0.1, -0.05) is 5.16 Å². The highest BCUT2D eigenvalue weighted by Crippen LogP contribution is 2.06. The van der Waals surface area contributed by atoms with Gasteiger partial charge in [0.05, 0.1) is 18.6 Å². The van der Waals surface area contributed by atoms with Gasteiger partial charge in [-0.25, -0.2) is 15.8 Å². The Morgan fingerprint density at radius 2 is 2.19 bits per heavy atom. The second kappa shape index (κ2) is 4.36. The minimum atomic E-state index is -0.403. The number of nitrogen functional groups attached to an aromatic ring is 1. The van der Waals surface area contributed by atoms with Crippen molar-refractivity contribution in [2.45, 2.75) is 0 Å². The lowest BCUT2D eigenvalue weighted by Crippen LogP contribution is -2.15. The van der Waals surface area contributed by atoms with Crippen LogP contribution in [0, 0.1) is 0 Å². The van der Waals surface area contributed by atoms with Crippen LogP contribution in [0.5, 0.6) is 0 Å². The van der Waals surface area contributed by atoms with E-state index in [1.807, 2.05) is 0 Å². The van der Waals surface area contributed by atoms with Crippen LogP contribution in [-0.4, -0.2) is 21.0 Å². The Balaban J connectivity index is 2.09. The van der Waals surface area contributed by atoms with Crippen LogP contribution >= 0.6 is 0 Å². The van der Waals surface area contributed by atoms with Crippen LogP contribution in [-0.2, 0) is 0 Å². The van der Waals surface area contributed by atoms with Gasteiger partial charge in [0.25, 0.3) is 5.91 Å². The van der Waals surface area contributed by atoms with Crippen LogP contribution in [0.15, 0.2) is 29.4 Å². The van der Waals surface area contributed by atoms with Gasteiger partial charge in [0.1, 0.15) is 17.6 Å². The maximum atomic E-state index is 11.6. The molecule has 8 nitrogen and oxygen atoms in total. The summed E-state index contributed by atoms with van der Waals surface area (Å²) in [6.07, 6.45) is 5.34. The van der Waals surface area contributed by atoms with Crippen molar-refractivity contribution in [2.24, 2.45) is 5.84 Å². The Morgan fingerprint density at radius 3 is 2.75 bits per heavy atom. The highest BCUT2D eigenvalue weighted by Gasteiger charge is 2.08. The van der Waals surface area contributed by atoms with Crippen molar-refractivity contribution in [1.82, 2.24) is 15.1 Å². The fraction of sp³-hybridized carbons (Fsp3) is 0. The summed E-state index contributed by atoms with van der Waals surface area (Å²) in [7, 11) is 0. The first-order valence-electron chi connectivity index (χ1n) is 4.29. The first-order valence-corrected chi connectivity index (χ1v) is 4.29. The molecule has 0 aliphatic heterocycles. The van der Waals surface area contributed by atoms with Gasteiger partial charge in [-0.2, -0.15) is 0 Å². The molecule has 0 atom stereocenters. The van der Waals surface area contributed by atoms with E-state index in [1.165, 1.54) is 24.9 Å². The summed E-state index contributed by atoms with van der Waals surface area (Å²) < 4.78 is 4.56. The molecule has 2 heterocycles. The van der Waals surface area contributed by atoms with Crippen molar-refractivity contribution in [3.05, 3.63) is 30.5 Å². The van der Waals surface area contributed by atoms with Crippen molar-refractivity contribution >= 4 is 17.4 Å². The number of aromatic nitrogens is 3. The molecule has 2 aromatic rings. The molecular formula is C8H8N6O2. The zero-order chi connectivity index (χ0) is 11.4. The number of amides is 1. The van der Waals surface area contributed by atoms with E-state index in [9.17, 15) is 4.79 Å². The monoisotopic (exact) mass is 220 g/mol. The molecule has 0 saturated heterocycles. The third-order valence-electron chi connectivity index (χ3n) is 1.72. The van der Waals surface area contributed by atoms with Crippen molar-refractivity contribution in [2.75, 3.05) is 10.7 Å². The number of nitrogens with one attached hydrogen (secondary N) is 2. The fourth-order valence-electron chi connectivity index (χ4n) is 0.982. The number of hydrazine groups is 1. The molecule has 0 spiro atoms. The van der Waals surface area contributed by atoms with Gasteiger partial charge < -0.3 is 15.3 Å². The van der Waals surface area contributed by atoms with E-state index >= 15 is 0 Å². The molecule has 0 radical (unpaired) electrons. The van der Waals surface area contributed by atoms with E-state index in [2.05, 4.69) is 30.4 Å². The van der Waals surface area contributed by atoms with Gasteiger partial charge in [-0.05, 0) is 0 Å². The molecule has 4 N–H and O–H groups in total. The molecule has 0 fully saturated rings. The van der Waals surface area contributed by atoms with Gasteiger partial charge in [0.2, 0.25) is 0 Å². The molecule has 0 aliphatic carbocycles. The smallest absolute Gasteiger partial charge is 0.275 e. The zero-order valence-electron chi connectivity index (χ0n) is 8.04. The van der Waals surface area contributed by atoms with Crippen molar-refractivity contribution in [3.8, 4) is 0 Å². The first kappa shape index (κ1) is 10.1. The third-order valence-corrected chi connectivity index (χ3v) is 1.72. The lowest BCUT2D eigenvalue weighted by atomic mass is 10.4. The SMILES string of the molecule is NNc1cnc(C(=O)Nc2cnoc2)cn1. The molecule has 0 aliphatic rings. The Labute approximate surface area is 89.8 Å². The second-order valence-corrected chi connectivity index (χ2v) is 2.80. The Hall–Kier alpha value is -2.48. The number of rotatable bonds is 3. The predicted molar refractivity (Wildman–Crippen MR) is 54.3 cm³/mol. The molecule has 2 rings (SSSR count). The van der Waals surface area contributed by atoms with Crippen molar-refractivity contribution in [3.63, 3.8) is 0 Å². The number of carbonyl (C=O) groups excluding carboxylic acids is 1. The standard InChI is InChI=1S/C8H8N6O2/c9-14-7-3-10-6(2-11-7)8(15)13-5-1-12-16-4-5/h1-4H,9H2,(H,11,14)(H,13,15). The Morgan fingerprint density at radius 1 is 1.31 bits per heavy atom. The predicted octanol–water partition coefficient (Wildman–Crippen LogP) is 0.00250. The molecule has 8 heteroatoms. The first-order chi connectivity index (χ1) is 7.79. The Kier molecular flexibility index (Phi) is 2.74. The largest absolute Gasteiger partial charge is 0.363 e. The minimum Gasteiger partial charge on any atom is -0.363 e. The molecule has 0 aromatic carbocycles. The summed E-state index contributed by atoms with van der Waals surface area (Å²) in [5, 5.41) is 5.97. The summed E-state index contributed by atoms with van der Waals surface area (Å²) in [6.45, 7) is 0. The van der Waals surface area contributed by atoms with E-state index < -0.39 is 5.91 Å². The van der Waals surface area contributed by atoms with E-state index in [0.717, 1.165) is 0 Å². The van der Waals surface area contributed by atoms with Gasteiger partial charge in [-0.15, -0.1) is 0 Å². The molecule has 2 aromatic heterocycles. The normalized spacial score (nSPS) is 9.81. The number of nitrogens with two attached hydrogens (primary N) is 1. The van der Waals surface area contributed by atoms with Crippen molar-refractivity contribution in [1.29, 1.82) is 0 Å². The topological polar surface area (TPSA) is 119 Å². The van der Waals surface area contributed by atoms with Crippen LogP contribution in [0.3, 0.4) is 0 Å². The summed E-state index contributed by atoms with van der Waals surface area (Å²) in [6, 6.07) is 0. The van der Waals surface area contributed by atoms with Gasteiger partial charge in [0.15, 0.2) is 5.82 Å². The quantitative estimate of drug-likeness (QED) is 0.492. The van der Waals surface area contributed by atoms with Gasteiger partial charge in [-0.3, -0.25) is 4.79 Å². The van der Waals surface area contributed by atoms with E-state index in [-0.39, 0.29) is 5.69 Å². The van der Waals surface area contributed by atoms with Crippen LogP contribution in [0.1, 0.15) is 10.5 Å². The van der Waals surface area contributed by atoms with Crippen LogP contribution in [0.25, 0.3) is 0 Å². The number of hydrogen-bond acceptors (Lipinski definition) is 7. The lowest BCUT2D eigenvalue weighted by Gasteiger charge is -2.01. The summed E-state index contributed by atoms with van der Waals surface area (Å²) >= 11 is 0. The summed E-state index contributed by atoms with van der Waals surface area (Å²) in [5.74, 6) is 5.08. The lowest BCUT2D eigenvalue weighted by molar-refractivity contribution is 0.102. The fourth-order valence-corrected chi connectivity index (χ4v) is 0.982. The number of carbonyl (C=O) groups is 1. The minimum absolute atomic E-state index is 0.167. The zero-order valence-corrected chi connectivity index (χ0v) is 8.04. The maximum absolute atomic E-state index is 11.6. The summed E-state index contributed by atoms with van der Waals surface area (Å²) in [4.78, 5) is 19.3. The van der Waals surface area contributed by atoms with Crippen LogP contribution in [0.2, 0.25) is 0 Å². The van der Waals surface area contributed by atoms with E-state index in [0.29, 0.717) is 11.5 Å². The van der Waals surface area contributed by atoms with E-state index in [1.54, 1.807) is 0 Å². The third kappa shape index (κ3) is 2.12. The summed E-state index contributed by atoms with van der Waals surface area (Å²) in [5.41, 5.74) is 2.93. The van der Waals surface area contributed by atoms with E-state index in [4.69, 9.17) is 5.84 Å². The number of anilines is 2. The van der Waals surface area contributed by atoms with Crippen molar-refractivity contribution < 1.29 is 9.32 Å². The highest BCUT2D eigenvalue weighted by molar-refractivity contribution is 6.02. The Bertz CT molecular complexity index is 466. The molecule has 0 bridgehead atoms. The maximum Gasteiger partial charge on any atom is 0.275 e. The molecule has 82 valence electrons. The van der Waals surface area contributed by atoms with Crippen LogP contribution < -0.4 is 16.6 Å². The second-order valence-electron chi connectivity index (χ2n) is 2.80. The van der Waals surface area contributed by atoms with Gasteiger partial charge >= 0.3 is 0 Å². The molecule has 16 heavy (non-hydrogen) atoms. The highest BCUT2D eigenvalue weighted by atomic mass is 16.5. The number of nitrogens with zero attached hydrogens (tertiary/aromatic N) is 3. The van der Waals surface area contributed by atoms with Crippen LogP contribution in [0.4, 0.5) is 11.5 Å². The molecule has 1 amide bonds.